The number of aromatic nitrogens is 1. The zero-order valence-corrected chi connectivity index (χ0v) is 14.2. The average Bonchev–Trinajstić information content (AvgIpc) is 3.13. The third-order valence-electron chi connectivity index (χ3n) is 5.06. The average molecular weight is 349 g/mol. The summed E-state index contributed by atoms with van der Waals surface area (Å²) in [5.41, 5.74) is 2.14. The first-order chi connectivity index (χ1) is 12.6. The molecule has 1 aromatic heterocycles. The zero-order chi connectivity index (χ0) is 18.1. The van der Waals surface area contributed by atoms with Gasteiger partial charge in [-0.1, -0.05) is 30.3 Å². The molecular weight excluding hydrogens is 330 g/mol. The first-order valence-electron chi connectivity index (χ1n) is 8.64. The molecule has 1 N–H and O–H groups in total. The van der Waals surface area contributed by atoms with Gasteiger partial charge >= 0.3 is 0 Å². The Labute approximate surface area is 150 Å². The Morgan fingerprint density at radius 1 is 1.23 bits per heavy atom. The van der Waals surface area contributed by atoms with E-state index in [9.17, 15) is 15.2 Å². The molecule has 6 heteroatoms. The summed E-state index contributed by atoms with van der Waals surface area (Å²) in [6.07, 6.45) is 2.58. The van der Waals surface area contributed by atoms with E-state index in [2.05, 4.69) is 22.0 Å². The van der Waals surface area contributed by atoms with Gasteiger partial charge in [0.15, 0.2) is 0 Å². The molecule has 2 aromatic carbocycles. The third-order valence-corrected chi connectivity index (χ3v) is 5.06. The van der Waals surface area contributed by atoms with Crippen molar-refractivity contribution >= 4 is 16.6 Å². The van der Waals surface area contributed by atoms with Crippen LogP contribution >= 0.6 is 0 Å². The number of nitrogens with zero attached hydrogens (tertiary/aromatic N) is 3. The highest BCUT2D eigenvalue weighted by Gasteiger charge is 2.26. The van der Waals surface area contributed by atoms with Crippen LogP contribution in [0.4, 0.5) is 5.69 Å². The van der Waals surface area contributed by atoms with Gasteiger partial charge < -0.3 is 5.11 Å². The van der Waals surface area contributed by atoms with Gasteiger partial charge in [-0.15, -0.1) is 0 Å². The maximum Gasteiger partial charge on any atom is 0.279 e. The fourth-order valence-corrected chi connectivity index (χ4v) is 3.75. The lowest BCUT2D eigenvalue weighted by Crippen LogP contribution is -2.20. The summed E-state index contributed by atoms with van der Waals surface area (Å²) < 4.78 is 0. The fraction of sp³-hybridized carbons (Fsp3) is 0.250. The van der Waals surface area contributed by atoms with Gasteiger partial charge in [0.1, 0.15) is 11.3 Å². The number of likely N-dealkylation sites (tertiary alicyclic amines) is 1. The molecule has 1 aliphatic heterocycles. The minimum atomic E-state index is -0.413. The first kappa shape index (κ1) is 16.5. The standard InChI is InChI=1S/C20H19N3O3/c24-20-16(11-18(23(25)26)17-7-4-9-21-19(17)20)13-22-10-8-15(12-22)14-5-2-1-3-6-14/h1-7,9,11,15,24H,8,10,12-13H2/t15-/m1/s1. The molecule has 4 rings (SSSR count). The summed E-state index contributed by atoms with van der Waals surface area (Å²) in [7, 11) is 0. The molecular formula is C20H19N3O3. The number of hydrogen-bond donors (Lipinski definition) is 1. The number of phenolic OH excluding ortho intramolecular Hbond substituents is 1. The van der Waals surface area contributed by atoms with Crippen molar-refractivity contribution in [2.75, 3.05) is 13.1 Å². The smallest absolute Gasteiger partial charge is 0.279 e. The maximum atomic E-state index is 11.4. The quantitative estimate of drug-likeness (QED) is 0.572. The predicted molar refractivity (Wildman–Crippen MR) is 99.1 cm³/mol. The van der Waals surface area contributed by atoms with Crippen molar-refractivity contribution in [1.29, 1.82) is 0 Å². The van der Waals surface area contributed by atoms with Gasteiger partial charge in [-0.25, -0.2) is 0 Å². The van der Waals surface area contributed by atoms with E-state index < -0.39 is 4.92 Å². The summed E-state index contributed by atoms with van der Waals surface area (Å²) in [5, 5.41) is 22.4. The van der Waals surface area contributed by atoms with Crippen molar-refractivity contribution < 1.29 is 10.0 Å². The third kappa shape index (κ3) is 2.99. The highest BCUT2D eigenvalue weighted by Crippen LogP contribution is 2.36. The molecule has 0 aliphatic carbocycles. The molecule has 0 spiro atoms. The van der Waals surface area contributed by atoms with Crippen LogP contribution in [0.2, 0.25) is 0 Å². The van der Waals surface area contributed by atoms with Gasteiger partial charge in [0, 0.05) is 30.9 Å². The highest BCUT2D eigenvalue weighted by molar-refractivity contribution is 5.93. The lowest BCUT2D eigenvalue weighted by Gasteiger charge is -2.17. The molecule has 0 radical (unpaired) electrons. The van der Waals surface area contributed by atoms with E-state index in [0.717, 1.165) is 19.5 Å². The van der Waals surface area contributed by atoms with Crippen molar-refractivity contribution in [3.05, 3.63) is 76.0 Å². The van der Waals surface area contributed by atoms with Crippen molar-refractivity contribution in [3.63, 3.8) is 0 Å². The van der Waals surface area contributed by atoms with E-state index in [-0.39, 0.29) is 17.0 Å². The number of benzene rings is 2. The summed E-state index contributed by atoms with van der Waals surface area (Å²) >= 11 is 0. The Morgan fingerprint density at radius 3 is 2.81 bits per heavy atom. The van der Waals surface area contributed by atoms with E-state index in [1.54, 1.807) is 12.1 Å². The summed E-state index contributed by atoms with van der Waals surface area (Å²) in [4.78, 5) is 17.4. The van der Waals surface area contributed by atoms with E-state index in [4.69, 9.17) is 0 Å². The summed E-state index contributed by atoms with van der Waals surface area (Å²) in [6, 6.07) is 15.1. The van der Waals surface area contributed by atoms with Gasteiger partial charge in [-0.2, -0.15) is 0 Å². The van der Waals surface area contributed by atoms with Crippen molar-refractivity contribution in [3.8, 4) is 5.75 Å². The Hall–Kier alpha value is -2.99. The fourth-order valence-electron chi connectivity index (χ4n) is 3.75. The zero-order valence-electron chi connectivity index (χ0n) is 14.2. The maximum absolute atomic E-state index is 11.4. The van der Waals surface area contributed by atoms with E-state index in [0.29, 0.717) is 23.4 Å². The minimum Gasteiger partial charge on any atom is -0.505 e. The molecule has 3 aromatic rings. The number of non-ortho nitro benzene ring substituents is 1. The molecule has 132 valence electrons. The Balaban J connectivity index is 1.62. The number of hydrogen-bond acceptors (Lipinski definition) is 5. The van der Waals surface area contributed by atoms with E-state index in [1.165, 1.54) is 17.8 Å². The Morgan fingerprint density at radius 2 is 2.04 bits per heavy atom. The second-order valence-electron chi connectivity index (χ2n) is 6.69. The van der Waals surface area contributed by atoms with E-state index >= 15 is 0 Å². The predicted octanol–water partition coefficient (Wildman–Crippen LogP) is 3.84. The number of pyridine rings is 1. The Bertz CT molecular complexity index is 959. The molecule has 1 saturated heterocycles. The Kier molecular flexibility index (Phi) is 4.26. The summed E-state index contributed by atoms with van der Waals surface area (Å²) in [6.45, 7) is 2.24. The topological polar surface area (TPSA) is 79.5 Å². The molecule has 0 saturated carbocycles. The minimum absolute atomic E-state index is 0.0142. The molecule has 0 unspecified atom stereocenters. The second-order valence-corrected chi connectivity index (χ2v) is 6.69. The van der Waals surface area contributed by atoms with Gasteiger partial charge in [0.05, 0.1) is 10.3 Å². The van der Waals surface area contributed by atoms with Crippen LogP contribution in [0.1, 0.15) is 23.5 Å². The molecule has 1 atom stereocenters. The monoisotopic (exact) mass is 349 g/mol. The van der Waals surface area contributed by atoms with Crippen LogP contribution in [0, 0.1) is 10.1 Å². The van der Waals surface area contributed by atoms with Crippen LogP contribution in [0.15, 0.2) is 54.7 Å². The SMILES string of the molecule is O=[N+]([O-])c1cc(CN2CC[C@@H](c3ccccc3)C2)c(O)c2ncccc12. The molecule has 6 nitrogen and oxygen atoms in total. The second kappa shape index (κ2) is 6.72. The molecule has 1 aliphatic rings. The van der Waals surface area contributed by atoms with Crippen LogP contribution in [0.25, 0.3) is 10.9 Å². The van der Waals surface area contributed by atoms with E-state index in [1.807, 2.05) is 18.2 Å². The number of aromatic hydroxyl groups is 1. The van der Waals surface area contributed by atoms with Crippen molar-refractivity contribution in [2.45, 2.75) is 18.9 Å². The largest absolute Gasteiger partial charge is 0.505 e. The molecule has 2 heterocycles. The van der Waals surface area contributed by atoms with Crippen LogP contribution in [0.5, 0.6) is 5.75 Å². The van der Waals surface area contributed by atoms with Crippen LogP contribution in [-0.2, 0) is 6.54 Å². The normalized spacial score (nSPS) is 17.6. The van der Waals surface area contributed by atoms with Gasteiger partial charge in [-0.3, -0.25) is 20.0 Å². The number of fused-ring (bicyclic) bond motifs is 1. The number of rotatable bonds is 4. The molecule has 0 amide bonds. The van der Waals surface area contributed by atoms with Gasteiger partial charge in [0.2, 0.25) is 0 Å². The number of nitro groups is 1. The number of nitro benzene ring substituents is 1. The first-order valence-corrected chi connectivity index (χ1v) is 8.64. The highest BCUT2D eigenvalue weighted by atomic mass is 16.6. The molecule has 1 fully saturated rings. The lowest BCUT2D eigenvalue weighted by molar-refractivity contribution is -0.383. The van der Waals surface area contributed by atoms with Crippen molar-refractivity contribution in [2.24, 2.45) is 0 Å². The van der Waals surface area contributed by atoms with Gasteiger partial charge in [0.25, 0.3) is 5.69 Å². The van der Waals surface area contributed by atoms with Gasteiger partial charge in [-0.05, 0) is 36.6 Å². The van der Waals surface area contributed by atoms with Crippen molar-refractivity contribution in [1.82, 2.24) is 9.88 Å². The molecule has 26 heavy (non-hydrogen) atoms. The lowest BCUT2D eigenvalue weighted by atomic mass is 9.99. The van der Waals surface area contributed by atoms with Crippen LogP contribution in [-0.4, -0.2) is 33.0 Å². The molecule has 0 bridgehead atoms. The van der Waals surface area contributed by atoms with Crippen LogP contribution < -0.4 is 0 Å². The number of phenols is 1. The van der Waals surface area contributed by atoms with Crippen LogP contribution in [0.3, 0.4) is 0 Å². The summed E-state index contributed by atoms with van der Waals surface area (Å²) in [5.74, 6) is 0.487.